The molecule has 0 aliphatic heterocycles. The minimum absolute atomic E-state index is 0.747. The number of rotatable bonds is 8. The molecule has 0 fully saturated rings. The van der Waals surface area contributed by atoms with Crippen molar-refractivity contribution >= 4 is 11.6 Å². The van der Waals surface area contributed by atoms with E-state index in [1.54, 1.807) is 0 Å². The fourth-order valence-corrected chi connectivity index (χ4v) is 1.57. The van der Waals surface area contributed by atoms with Crippen molar-refractivity contribution in [2.75, 3.05) is 19.7 Å². The first-order valence-electron chi connectivity index (χ1n) is 5.94. The molecular weight excluding hydrogens is 234 g/mol. The van der Waals surface area contributed by atoms with Crippen LogP contribution < -0.4 is 10.1 Å². The number of hydrogen-bond acceptors (Lipinski definition) is 2. The molecule has 0 atom stereocenters. The minimum Gasteiger partial charge on any atom is -0.494 e. The summed E-state index contributed by atoms with van der Waals surface area (Å²) < 4.78 is 5.64. The third-order valence-corrected chi connectivity index (χ3v) is 2.86. The van der Waals surface area contributed by atoms with Crippen molar-refractivity contribution in [3.05, 3.63) is 41.4 Å². The van der Waals surface area contributed by atoms with Crippen molar-refractivity contribution in [1.82, 2.24) is 5.32 Å². The fraction of sp³-hybridized carbons (Fsp3) is 0.429. The van der Waals surface area contributed by atoms with Crippen molar-refractivity contribution in [3.8, 4) is 5.75 Å². The number of unbranched alkanes of at least 4 members (excludes halogenated alkanes) is 1. The van der Waals surface area contributed by atoms with E-state index in [1.807, 2.05) is 31.2 Å². The van der Waals surface area contributed by atoms with Crippen molar-refractivity contribution in [2.24, 2.45) is 0 Å². The van der Waals surface area contributed by atoms with Gasteiger partial charge in [0.1, 0.15) is 5.75 Å². The lowest BCUT2D eigenvalue weighted by Crippen LogP contribution is -2.15. The smallest absolute Gasteiger partial charge is 0.119 e. The van der Waals surface area contributed by atoms with E-state index < -0.39 is 0 Å². The zero-order valence-electron chi connectivity index (χ0n) is 10.3. The maximum absolute atomic E-state index is 5.94. The molecule has 0 aliphatic rings. The predicted molar refractivity (Wildman–Crippen MR) is 74.0 cm³/mol. The van der Waals surface area contributed by atoms with Crippen LogP contribution in [0.25, 0.3) is 0 Å². The van der Waals surface area contributed by atoms with Crippen LogP contribution in [0.15, 0.2) is 30.9 Å². The molecule has 0 aliphatic carbocycles. The summed E-state index contributed by atoms with van der Waals surface area (Å²) >= 11 is 5.94. The summed E-state index contributed by atoms with van der Waals surface area (Å²) in [5.41, 5.74) is 1.05. The Morgan fingerprint density at radius 2 is 2.24 bits per heavy atom. The Bertz CT molecular complexity index is 352. The van der Waals surface area contributed by atoms with Gasteiger partial charge in [-0.15, -0.1) is 6.58 Å². The lowest BCUT2D eigenvalue weighted by Gasteiger charge is -2.07. The normalized spacial score (nSPS) is 10.2. The summed E-state index contributed by atoms with van der Waals surface area (Å²) in [6, 6.07) is 5.75. The molecule has 0 bridgehead atoms. The van der Waals surface area contributed by atoms with Gasteiger partial charge in [0.2, 0.25) is 0 Å². The van der Waals surface area contributed by atoms with E-state index in [0.29, 0.717) is 0 Å². The predicted octanol–water partition coefficient (Wildman–Crippen LogP) is 3.58. The Balaban J connectivity index is 2.13. The second kappa shape index (κ2) is 8.15. The largest absolute Gasteiger partial charge is 0.494 e. The molecule has 1 rings (SSSR count). The van der Waals surface area contributed by atoms with E-state index >= 15 is 0 Å². The highest BCUT2D eigenvalue weighted by molar-refractivity contribution is 6.31. The second-order valence-electron chi connectivity index (χ2n) is 3.96. The van der Waals surface area contributed by atoms with Crippen molar-refractivity contribution in [3.63, 3.8) is 0 Å². The molecule has 0 saturated heterocycles. The van der Waals surface area contributed by atoms with Crippen molar-refractivity contribution < 1.29 is 4.74 Å². The van der Waals surface area contributed by atoms with Gasteiger partial charge in [0, 0.05) is 11.6 Å². The molecule has 1 aromatic rings. The molecule has 0 radical (unpaired) electrons. The summed E-state index contributed by atoms with van der Waals surface area (Å²) in [4.78, 5) is 0. The van der Waals surface area contributed by atoms with Crippen LogP contribution in [0.4, 0.5) is 0 Å². The summed E-state index contributed by atoms with van der Waals surface area (Å²) in [7, 11) is 0. The van der Waals surface area contributed by atoms with Gasteiger partial charge in [-0.2, -0.15) is 0 Å². The maximum Gasteiger partial charge on any atom is 0.119 e. The highest BCUT2D eigenvalue weighted by Crippen LogP contribution is 2.21. The number of halogens is 1. The molecule has 1 aromatic carbocycles. The van der Waals surface area contributed by atoms with Crippen LogP contribution in [0.3, 0.4) is 0 Å². The number of hydrogen-bond donors (Lipinski definition) is 1. The third kappa shape index (κ3) is 5.76. The molecule has 17 heavy (non-hydrogen) atoms. The van der Waals surface area contributed by atoms with Crippen LogP contribution in [-0.2, 0) is 0 Å². The zero-order chi connectivity index (χ0) is 12.5. The van der Waals surface area contributed by atoms with Crippen LogP contribution in [0.1, 0.15) is 18.4 Å². The first kappa shape index (κ1) is 14.1. The lowest BCUT2D eigenvalue weighted by molar-refractivity contribution is 0.306. The summed E-state index contributed by atoms with van der Waals surface area (Å²) in [5.74, 6) is 0.894. The quantitative estimate of drug-likeness (QED) is 0.565. The molecule has 0 saturated carbocycles. The van der Waals surface area contributed by atoms with E-state index in [4.69, 9.17) is 16.3 Å². The average Bonchev–Trinajstić information content (AvgIpc) is 2.32. The fourth-order valence-electron chi connectivity index (χ4n) is 1.45. The molecule has 0 heterocycles. The topological polar surface area (TPSA) is 21.3 Å². The Morgan fingerprint density at radius 1 is 1.41 bits per heavy atom. The molecule has 0 amide bonds. The van der Waals surface area contributed by atoms with Crippen LogP contribution in [0, 0.1) is 6.92 Å². The molecule has 0 unspecified atom stereocenters. The summed E-state index contributed by atoms with van der Waals surface area (Å²) in [5, 5.41) is 4.04. The minimum atomic E-state index is 0.747. The van der Waals surface area contributed by atoms with E-state index in [0.717, 1.165) is 48.9 Å². The van der Waals surface area contributed by atoms with Crippen molar-refractivity contribution in [1.29, 1.82) is 0 Å². The monoisotopic (exact) mass is 253 g/mol. The number of nitrogens with one attached hydrogen (secondary N) is 1. The number of ether oxygens (including phenoxy) is 1. The van der Waals surface area contributed by atoms with Gasteiger partial charge in [0.15, 0.2) is 0 Å². The van der Waals surface area contributed by atoms with E-state index in [-0.39, 0.29) is 0 Å². The van der Waals surface area contributed by atoms with Gasteiger partial charge >= 0.3 is 0 Å². The average molecular weight is 254 g/mol. The van der Waals surface area contributed by atoms with Crippen LogP contribution in [0.5, 0.6) is 5.75 Å². The highest BCUT2D eigenvalue weighted by atomic mass is 35.5. The Hall–Kier alpha value is -0.990. The standard InChI is InChI=1S/C14H20ClNO/c1-3-8-16-9-4-5-10-17-13-6-7-14(15)12(2)11-13/h3,6-7,11,16H,1,4-5,8-10H2,2H3. The second-order valence-corrected chi connectivity index (χ2v) is 4.37. The number of aryl methyl sites for hydroxylation is 1. The van der Waals surface area contributed by atoms with E-state index in [1.165, 1.54) is 0 Å². The lowest BCUT2D eigenvalue weighted by atomic mass is 10.2. The molecule has 1 N–H and O–H groups in total. The van der Waals surface area contributed by atoms with Gasteiger partial charge in [-0.05, 0) is 50.1 Å². The van der Waals surface area contributed by atoms with Crippen LogP contribution >= 0.6 is 11.6 Å². The molecule has 0 spiro atoms. The van der Waals surface area contributed by atoms with Gasteiger partial charge in [0.25, 0.3) is 0 Å². The first-order chi connectivity index (χ1) is 8.24. The Kier molecular flexibility index (Phi) is 6.75. The molecule has 0 aromatic heterocycles. The number of benzene rings is 1. The van der Waals surface area contributed by atoms with E-state index in [9.17, 15) is 0 Å². The van der Waals surface area contributed by atoms with Gasteiger partial charge in [0.05, 0.1) is 6.61 Å². The van der Waals surface area contributed by atoms with Gasteiger partial charge in [-0.25, -0.2) is 0 Å². The molecular formula is C14H20ClNO. The summed E-state index contributed by atoms with van der Waals surface area (Å²) in [6.07, 6.45) is 4.03. The highest BCUT2D eigenvalue weighted by Gasteiger charge is 1.98. The van der Waals surface area contributed by atoms with Gasteiger partial charge < -0.3 is 10.1 Å². The Morgan fingerprint density at radius 3 is 2.94 bits per heavy atom. The molecule has 2 nitrogen and oxygen atoms in total. The Labute approximate surface area is 109 Å². The zero-order valence-corrected chi connectivity index (χ0v) is 11.1. The molecule has 94 valence electrons. The molecule has 3 heteroatoms. The first-order valence-corrected chi connectivity index (χ1v) is 6.32. The summed E-state index contributed by atoms with van der Waals surface area (Å²) in [6.45, 7) is 8.26. The maximum atomic E-state index is 5.94. The van der Waals surface area contributed by atoms with Crippen LogP contribution in [-0.4, -0.2) is 19.7 Å². The third-order valence-electron chi connectivity index (χ3n) is 2.43. The van der Waals surface area contributed by atoms with Gasteiger partial charge in [-0.1, -0.05) is 17.7 Å². The van der Waals surface area contributed by atoms with E-state index in [2.05, 4.69) is 11.9 Å². The van der Waals surface area contributed by atoms with Gasteiger partial charge in [-0.3, -0.25) is 0 Å². The van der Waals surface area contributed by atoms with Crippen LogP contribution in [0.2, 0.25) is 5.02 Å². The SMILES string of the molecule is C=CCNCCCCOc1ccc(Cl)c(C)c1. The van der Waals surface area contributed by atoms with Crippen molar-refractivity contribution in [2.45, 2.75) is 19.8 Å².